The van der Waals surface area contributed by atoms with Gasteiger partial charge in [0.05, 0.1) is 22.6 Å². The second kappa shape index (κ2) is 6.38. The van der Waals surface area contributed by atoms with E-state index in [9.17, 15) is 10.1 Å². The third-order valence-electron chi connectivity index (χ3n) is 2.65. The first-order valence-corrected chi connectivity index (χ1v) is 6.59. The van der Waals surface area contributed by atoms with Crippen molar-refractivity contribution in [1.82, 2.24) is 0 Å². The number of hydrogen-bond acceptors (Lipinski definition) is 4. The molecule has 0 spiro atoms. The van der Waals surface area contributed by atoms with Crippen LogP contribution in [0.4, 0.5) is 5.69 Å². The first kappa shape index (κ1) is 14.3. The fraction of sp³-hybridized carbons (Fsp3) is 0.143. The molecule has 5 nitrogen and oxygen atoms in total. The fourth-order valence-corrected chi connectivity index (χ4v) is 2.00. The van der Waals surface area contributed by atoms with Crippen LogP contribution >= 0.6 is 15.9 Å². The van der Waals surface area contributed by atoms with Crippen molar-refractivity contribution < 1.29 is 14.4 Å². The van der Waals surface area contributed by atoms with Gasteiger partial charge in [-0.05, 0) is 39.7 Å². The van der Waals surface area contributed by atoms with Crippen molar-refractivity contribution in [3.63, 3.8) is 0 Å². The Bertz CT molecular complexity index is 630. The van der Waals surface area contributed by atoms with Gasteiger partial charge in [0.25, 0.3) is 5.69 Å². The molecule has 0 bridgehead atoms. The van der Waals surface area contributed by atoms with Crippen LogP contribution in [0, 0.1) is 10.1 Å². The topological polar surface area (TPSA) is 61.6 Å². The van der Waals surface area contributed by atoms with Crippen LogP contribution < -0.4 is 9.47 Å². The summed E-state index contributed by atoms with van der Waals surface area (Å²) in [5, 5.41) is 10.7. The van der Waals surface area contributed by atoms with Gasteiger partial charge < -0.3 is 9.47 Å². The average molecular weight is 338 g/mol. The van der Waals surface area contributed by atoms with E-state index in [1.807, 2.05) is 24.3 Å². The lowest BCUT2D eigenvalue weighted by Crippen LogP contribution is -1.97. The van der Waals surface area contributed by atoms with Crippen LogP contribution in [0.2, 0.25) is 0 Å². The Morgan fingerprint density at radius 3 is 2.75 bits per heavy atom. The van der Waals surface area contributed by atoms with Gasteiger partial charge in [0, 0.05) is 6.07 Å². The second-order valence-electron chi connectivity index (χ2n) is 4.01. The molecule has 0 atom stereocenters. The molecule has 0 aliphatic carbocycles. The molecule has 0 heterocycles. The van der Waals surface area contributed by atoms with E-state index in [1.165, 1.54) is 12.1 Å². The van der Waals surface area contributed by atoms with Crippen molar-refractivity contribution in [3.05, 3.63) is 62.6 Å². The quantitative estimate of drug-likeness (QED) is 0.612. The number of rotatable bonds is 5. The van der Waals surface area contributed by atoms with E-state index in [4.69, 9.17) is 9.47 Å². The highest BCUT2D eigenvalue weighted by Gasteiger charge is 2.10. The summed E-state index contributed by atoms with van der Waals surface area (Å²) in [5.41, 5.74) is 0.914. The number of benzene rings is 2. The summed E-state index contributed by atoms with van der Waals surface area (Å²) >= 11 is 3.31. The molecule has 0 aliphatic rings. The van der Waals surface area contributed by atoms with Crippen LogP contribution in [0.15, 0.2) is 46.9 Å². The number of ether oxygens (including phenoxy) is 2. The second-order valence-corrected chi connectivity index (χ2v) is 4.87. The Balaban J connectivity index is 2.13. The van der Waals surface area contributed by atoms with Gasteiger partial charge in [0.15, 0.2) is 0 Å². The maximum atomic E-state index is 10.7. The summed E-state index contributed by atoms with van der Waals surface area (Å²) in [6.07, 6.45) is 0. The van der Waals surface area contributed by atoms with Crippen molar-refractivity contribution in [2.24, 2.45) is 0 Å². The molecular formula is C14H12BrNO4. The van der Waals surface area contributed by atoms with Gasteiger partial charge in [0.1, 0.15) is 18.1 Å². The van der Waals surface area contributed by atoms with Crippen LogP contribution in [-0.2, 0) is 6.61 Å². The third-order valence-corrected chi connectivity index (χ3v) is 3.31. The predicted octanol–water partition coefficient (Wildman–Crippen LogP) is 3.94. The molecule has 2 aromatic rings. The molecule has 0 saturated carbocycles. The van der Waals surface area contributed by atoms with E-state index in [0.717, 1.165) is 11.3 Å². The number of nitro groups is 1. The van der Waals surface area contributed by atoms with E-state index in [1.54, 1.807) is 13.2 Å². The van der Waals surface area contributed by atoms with Crippen LogP contribution in [0.5, 0.6) is 11.5 Å². The highest BCUT2D eigenvalue weighted by atomic mass is 79.9. The molecule has 0 N–H and O–H groups in total. The summed E-state index contributed by atoms with van der Waals surface area (Å²) in [7, 11) is 1.59. The molecule has 0 aromatic heterocycles. The van der Waals surface area contributed by atoms with Crippen LogP contribution in [-0.4, -0.2) is 12.0 Å². The number of nitrogens with zero attached hydrogens (tertiary/aromatic N) is 1. The summed E-state index contributed by atoms with van der Waals surface area (Å²) in [6, 6.07) is 11.9. The summed E-state index contributed by atoms with van der Waals surface area (Å²) in [4.78, 5) is 10.3. The van der Waals surface area contributed by atoms with Crippen LogP contribution in [0.3, 0.4) is 0 Å². The monoisotopic (exact) mass is 337 g/mol. The molecule has 0 aliphatic heterocycles. The van der Waals surface area contributed by atoms with Crippen molar-refractivity contribution in [2.75, 3.05) is 7.11 Å². The van der Waals surface area contributed by atoms with Gasteiger partial charge in [-0.15, -0.1) is 0 Å². The van der Waals surface area contributed by atoms with E-state index < -0.39 is 4.92 Å². The van der Waals surface area contributed by atoms with Gasteiger partial charge in [-0.3, -0.25) is 10.1 Å². The number of nitro benzene ring substituents is 1. The minimum atomic E-state index is -0.454. The van der Waals surface area contributed by atoms with Gasteiger partial charge >= 0.3 is 0 Å². The van der Waals surface area contributed by atoms with Gasteiger partial charge in [-0.1, -0.05) is 12.1 Å². The minimum absolute atomic E-state index is 0.00570. The van der Waals surface area contributed by atoms with Crippen LogP contribution in [0.1, 0.15) is 5.56 Å². The third kappa shape index (κ3) is 3.48. The zero-order valence-electron chi connectivity index (χ0n) is 10.7. The molecule has 20 heavy (non-hydrogen) atoms. The molecular weight excluding hydrogens is 326 g/mol. The van der Waals surface area contributed by atoms with E-state index in [0.29, 0.717) is 16.8 Å². The zero-order chi connectivity index (χ0) is 14.5. The molecule has 0 fully saturated rings. The number of methoxy groups -OCH3 is 1. The Kier molecular flexibility index (Phi) is 4.57. The number of hydrogen-bond donors (Lipinski definition) is 0. The molecule has 2 aromatic carbocycles. The molecule has 6 heteroatoms. The lowest BCUT2D eigenvalue weighted by atomic mass is 10.2. The summed E-state index contributed by atoms with van der Waals surface area (Å²) in [6.45, 7) is 0.303. The van der Waals surface area contributed by atoms with Crippen LogP contribution in [0.25, 0.3) is 0 Å². The largest absolute Gasteiger partial charge is 0.497 e. The van der Waals surface area contributed by atoms with E-state index in [-0.39, 0.29) is 5.69 Å². The number of halogens is 1. The highest BCUT2D eigenvalue weighted by molar-refractivity contribution is 9.10. The summed E-state index contributed by atoms with van der Waals surface area (Å²) in [5.74, 6) is 1.17. The van der Waals surface area contributed by atoms with Crippen molar-refractivity contribution in [1.29, 1.82) is 0 Å². The maximum Gasteiger partial charge on any atom is 0.273 e. The Labute approximate surface area is 124 Å². The van der Waals surface area contributed by atoms with Crippen molar-refractivity contribution in [3.8, 4) is 11.5 Å². The standard InChI is InChI=1S/C14H12BrNO4/c1-19-12-4-2-3-10(7-12)9-20-14-8-11(16(17)18)5-6-13(14)15/h2-8H,9H2,1H3. The van der Waals surface area contributed by atoms with E-state index >= 15 is 0 Å². The van der Waals surface area contributed by atoms with Crippen molar-refractivity contribution >= 4 is 21.6 Å². The SMILES string of the molecule is COc1cccc(COc2cc([N+](=O)[O-])ccc2Br)c1. The molecule has 104 valence electrons. The molecule has 0 unspecified atom stereocenters. The smallest absolute Gasteiger partial charge is 0.273 e. The molecule has 0 amide bonds. The number of non-ortho nitro benzene ring substituents is 1. The Hall–Kier alpha value is -2.08. The van der Waals surface area contributed by atoms with Crippen molar-refractivity contribution in [2.45, 2.75) is 6.61 Å². The van der Waals surface area contributed by atoms with Gasteiger partial charge in [0.2, 0.25) is 0 Å². The molecule has 0 radical (unpaired) electrons. The molecule has 0 saturated heterocycles. The average Bonchev–Trinajstić information content (AvgIpc) is 2.46. The molecule has 2 rings (SSSR count). The predicted molar refractivity (Wildman–Crippen MR) is 78.1 cm³/mol. The zero-order valence-corrected chi connectivity index (χ0v) is 12.3. The Morgan fingerprint density at radius 1 is 1.25 bits per heavy atom. The minimum Gasteiger partial charge on any atom is -0.497 e. The van der Waals surface area contributed by atoms with Gasteiger partial charge in [-0.2, -0.15) is 0 Å². The van der Waals surface area contributed by atoms with Gasteiger partial charge in [-0.25, -0.2) is 0 Å². The Morgan fingerprint density at radius 2 is 2.05 bits per heavy atom. The first-order valence-electron chi connectivity index (χ1n) is 5.80. The lowest BCUT2D eigenvalue weighted by Gasteiger charge is -2.09. The first-order chi connectivity index (χ1) is 9.60. The maximum absolute atomic E-state index is 10.7. The fourth-order valence-electron chi connectivity index (χ4n) is 1.64. The van der Waals surface area contributed by atoms with E-state index in [2.05, 4.69) is 15.9 Å². The lowest BCUT2D eigenvalue weighted by molar-refractivity contribution is -0.385. The summed E-state index contributed by atoms with van der Waals surface area (Å²) < 4.78 is 11.4. The highest BCUT2D eigenvalue weighted by Crippen LogP contribution is 2.30. The normalized spacial score (nSPS) is 10.1.